The molecule has 138 valence electrons. The zero-order valence-corrected chi connectivity index (χ0v) is 16.2. The van der Waals surface area contributed by atoms with Crippen LogP contribution in [0.5, 0.6) is 0 Å². The van der Waals surface area contributed by atoms with Crippen LogP contribution in [0.25, 0.3) is 0 Å². The molecule has 0 fully saturated rings. The lowest BCUT2D eigenvalue weighted by molar-refractivity contribution is 0.505. The Kier molecular flexibility index (Phi) is 6.59. The van der Waals surface area contributed by atoms with Crippen LogP contribution in [0.3, 0.4) is 0 Å². The van der Waals surface area contributed by atoms with E-state index in [1.165, 1.54) is 18.2 Å². The molecule has 0 spiro atoms. The van der Waals surface area contributed by atoms with Gasteiger partial charge in [-0.3, -0.25) is 4.98 Å². The number of benzene rings is 1. The van der Waals surface area contributed by atoms with Gasteiger partial charge in [0.25, 0.3) is 0 Å². The predicted molar refractivity (Wildman–Crippen MR) is 107 cm³/mol. The van der Waals surface area contributed by atoms with E-state index < -0.39 is 17.0 Å². The zero-order valence-electron chi connectivity index (χ0n) is 15.4. The molecule has 0 aliphatic carbocycles. The molecule has 0 radical (unpaired) electrons. The second kappa shape index (κ2) is 8.49. The second-order valence-corrected chi connectivity index (χ2v) is 7.90. The van der Waals surface area contributed by atoms with E-state index in [-0.39, 0.29) is 5.56 Å². The molecule has 2 nitrogen and oxygen atoms in total. The minimum absolute atomic E-state index is 0.00865. The standard InChI is InChI=1S/C21H24F2N2S/c1-6-21(4,5)20-18(22)11-16(12-19(20)23)25-14(3)10-15-8-9-17(13-24-15)26-7-2/h6,8-9,11-13,25H,1,3,7,10H2,2,4-5H3. The summed E-state index contributed by atoms with van der Waals surface area (Å²) in [6.45, 7) is 13.1. The molecule has 0 aliphatic rings. The maximum atomic E-state index is 14.4. The van der Waals surface area contributed by atoms with Crippen molar-refractivity contribution in [2.45, 2.75) is 37.5 Å². The SMILES string of the molecule is C=CC(C)(C)c1c(F)cc(NC(=C)Cc2ccc(SCC)cn2)cc1F. The molecule has 2 rings (SSSR count). The first-order chi connectivity index (χ1) is 12.3. The summed E-state index contributed by atoms with van der Waals surface area (Å²) >= 11 is 1.72. The van der Waals surface area contributed by atoms with E-state index in [2.05, 4.69) is 30.4 Å². The Balaban J connectivity index is 2.10. The third-order valence-electron chi connectivity index (χ3n) is 4.02. The van der Waals surface area contributed by atoms with Crippen molar-refractivity contribution >= 4 is 17.4 Å². The summed E-state index contributed by atoms with van der Waals surface area (Å²) in [6.07, 6.45) is 3.83. The van der Waals surface area contributed by atoms with E-state index in [1.807, 2.05) is 18.3 Å². The van der Waals surface area contributed by atoms with Crippen LogP contribution in [-0.4, -0.2) is 10.7 Å². The van der Waals surface area contributed by atoms with E-state index in [0.717, 1.165) is 16.3 Å². The molecule has 0 bridgehead atoms. The van der Waals surface area contributed by atoms with E-state index in [9.17, 15) is 8.78 Å². The van der Waals surface area contributed by atoms with E-state index >= 15 is 0 Å². The van der Waals surface area contributed by atoms with Crippen LogP contribution in [0.1, 0.15) is 32.0 Å². The van der Waals surface area contributed by atoms with Gasteiger partial charge in [-0.05, 0) is 30.0 Å². The molecule has 1 aromatic carbocycles. The molecule has 5 heteroatoms. The van der Waals surface area contributed by atoms with Crippen LogP contribution < -0.4 is 5.32 Å². The van der Waals surface area contributed by atoms with E-state index in [4.69, 9.17) is 0 Å². The normalized spacial score (nSPS) is 11.3. The number of allylic oxidation sites excluding steroid dienone is 2. The Bertz CT molecular complexity index is 775. The highest BCUT2D eigenvalue weighted by molar-refractivity contribution is 7.99. The molecule has 0 saturated carbocycles. The van der Waals surface area contributed by atoms with Crippen molar-refractivity contribution in [3.8, 4) is 0 Å². The van der Waals surface area contributed by atoms with Gasteiger partial charge < -0.3 is 5.32 Å². The lowest BCUT2D eigenvalue weighted by atomic mass is 9.84. The van der Waals surface area contributed by atoms with Crippen molar-refractivity contribution in [1.29, 1.82) is 0 Å². The molecule has 0 atom stereocenters. The zero-order chi connectivity index (χ0) is 19.3. The fourth-order valence-electron chi connectivity index (χ4n) is 2.60. The fourth-order valence-corrected chi connectivity index (χ4v) is 3.22. The highest BCUT2D eigenvalue weighted by Crippen LogP contribution is 2.31. The van der Waals surface area contributed by atoms with Gasteiger partial charge in [0.05, 0.1) is 0 Å². The number of halogens is 2. The first-order valence-electron chi connectivity index (χ1n) is 8.42. The summed E-state index contributed by atoms with van der Waals surface area (Å²) in [5, 5.41) is 2.96. The van der Waals surface area contributed by atoms with Gasteiger partial charge in [-0.2, -0.15) is 0 Å². The highest BCUT2D eigenvalue weighted by atomic mass is 32.2. The van der Waals surface area contributed by atoms with Crippen molar-refractivity contribution in [2.24, 2.45) is 0 Å². The molecule has 1 aromatic heterocycles. The van der Waals surface area contributed by atoms with Crippen molar-refractivity contribution in [3.05, 3.63) is 78.3 Å². The summed E-state index contributed by atoms with van der Waals surface area (Å²) in [6, 6.07) is 6.50. The van der Waals surface area contributed by atoms with Crippen molar-refractivity contribution in [1.82, 2.24) is 4.98 Å². The van der Waals surface area contributed by atoms with Crippen LogP contribution in [0, 0.1) is 11.6 Å². The summed E-state index contributed by atoms with van der Waals surface area (Å²) in [7, 11) is 0. The lowest BCUT2D eigenvalue weighted by Crippen LogP contribution is -2.18. The van der Waals surface area contributed by atoms with E-state index in [1.54, 1.807) is 25.6 Å². The minimum Gasteiger partial charge on any atom is -0.359 e. The summed E-state index contributed by atoms with van der Waals surface area (Å²) in [5.74, 6) is -0.223. The third kappa shape index (κ3) is 4.94. The average molecular weight is 375 g/mol. The average Bonchev–Trinajstić information content (AvgIpc) is 2.56. The topological polar surface area (TPSA) is 24.9 Å². The molecule has 0 aliphatic heterocycles. The molecular formula is C21H24F2N2S. The molecule has 2 aromatic rings. The predicted octanol–water partition coefficient (Wildman–Crippen LogP) is 6.10. The summed E-state index contributed by atoms with van der Waals surface area (Å²) < 4.78 is 28.8. The van der Waals surface area contributed by atoms with Crippen molar-refractivity contribution in [2.75, 3.05) is 11.1 Å². The fraction of sp³-hybridized carbons (Fsp3) is 0.286. The largest absolute Gasteiger partial charge is 0.359 e. The maximum absolute atomic E-state index is 14.4. The summed E-state index contributed by atoms with van der Waals surface area (Å²) in [4.78, 5) is 5.50. The van der Waals surface area contributed by atoms with Gasteiger partial charge >= 0.3 is 0 Å². The number of thioether (sulfide) groups is 1. The van der Waals surface area contributed by atoms with Gasteiger partial charge in [-0.25, -0.2) is 8.78 Å². The lowest BCUT2D eigenvalue weighted by Gasteiger charge is -2.22. The first-order valence-corrected chi connectivity index (χ1v) is 9.41. The van der Waals surface area contributed by atoms with Crippen LogP contribution in [0.2, 0.25) is 0 Å². The van der Waals surface area contributed by atoms with Gasteiger partial charge in [0.15, 0.2) is 0 Å². The van der Waals surface area contributed by atoms with Gasteiger partial charge in [-0.15, -0.1) is 18.3 Å². The van der Waals surface area contributed by atoms with Gasteiger partial charge in [0.1, 0.15) is 11.6 Å². The maximum Gasteiger partial charge on any atom is 0.132 e. The number of anilines is 1. The van der Waals surface area contributed by atoms with Gasteiger partial charge in [-0.1, -0.05) is 33.4 Å². The first kappa shape index (κ1) is 20.2. The Morgan fingerprint density at radius 2 is 1.92 bits per heavy atom. The Morgan fingerprint density at radius 3 is 2.42 bits per heavy atom. The number of hydrogen-bond donors (Lipinski definition) is 1. The monoisotopic (exact) mass is 374 g/mol. The van der Waals surface area contributed by atoms with Crippen LogP contribution in [-0.2, 0) is 11.8 Å². The van der Waals surface area contributed by atoms with Gasteiger partial charge in [0, 0.05) is 45.6 Å². The second-order valence-electron chi connectivity index (χ2n) is 6.56. The van der Waals surface area contributed by atoms with E-state index in [0.29, 0.717) is 17.8 Å². The van der Waals surface area contributed by atoms with Crippen molar-refractivity contribution in [3.63, 3.8) is 0 Å². The smallest absolute Gasteiger partial charge is 0.132 e. The quantitative estimate of drug-likeness (QED) is 0.446. The van der Waals surface area contributed by atoms with Gasteiger partial charge in [0.2, 0.25) is 0 Å². The van der Waals surface area contributed by atoms with Crippen LogP contribution in [0.4, 0.5) is 14.5 Å². The Morgan fingerprint density at radius 1 is 1.27 bits per heavy atom. The molecule has 0 amide bonds. The Hall–Kier alpha value is -2.14. The summed E-state index contributed by atoms with van der Waals surface area (Å²) in [5.41, 5.74) is 1.00. The van der Waals surface area contributed by atoms with Crippen LogP contribution >= 0.6 is 11.8 Å². The number of rotatable bonds is 8. The number of nitrogens with zero attached hydrogens (tertiary/aromatic N) is 1. The molecule has 1 heterocycles. The molecule has 0 unspecified atom stereocenters. The number of hydrogen-bond acceptors (Lipinski definition) is 3. The van der Waals surface area contributed by atoms with Crippen molar-refractivity contribution < 1.29 is 8.78 Å². The molecule has 0 saturated heterocycles. The highest BCUT2D eigenvalue weighted by Gasteiger charge is 2.25. The Labute approximate surface area is 158 Å². The minimum atomic E-state index is -0.786. The number of aromatic nitrogens is 1. The molecular weight excluding hydrogens is 350 g/mol. The number of nitrogens with one attached hydrogen (secondary N) is 1. The molecule has 1 N–H and O–H groups in total. The van der Waals surface area contributed by atoms with Crippen LogP contribution in [0.15, 0.2) is 60.3 Å². The molecule has 26 heavy (non-hydrogen) atoms. The third-order valence-corrected chi connectivity index (χ3v) is 4.88. The number of pyridine rings is 1.